The van der Waals surface area contributed by atoms with Crippen LogP contribution in [0.4, 0.5) is 0 Å². The lowest BCUT2D eigenvalue weighted by Crippen LogP contribution is -2.39. The lowest BCUT2D eigenvalue weighted by atomic mass is 9.92. The molecule has 9 heteroatoms. The lowest BCUT2D eigenvalue weighted by molar-refractivity contribution is -0.125. The van der Waals surface area contributed by atoms with E-state index in [9.17, 15) is 19.2 Å². The van der Waals surface area contributed by atoms with Gasteiger partial charge in [0.15, 0.2) is 0 Å². The Morgan fingerprint density at radius 2 is 1.00 bits per heavy atom. The van der Waals surface area contributed by atoms with E-state index >= 15 is 0 Å². The highest BCUT2D eigenvalue weighted by Gasteiger charge is 2.25. The molecule has 0 heterocycles. The molecule has 0 saturated heterocycles. The Morgan fingerprint density at radius 1 is 0.707 bits per heavy atom. The van der Waals surface area contributed by atoms with Crippen LogP contribution in [0.25, 0.3) is 0 Å². The van der Waals surface area contributed by atoms with E-state index in [4.69, 9.17) is 10.6 Å². The van der Waals surface area contributed by atoms with E-state index in [-0.39, 0.29) is 0 Å². The van der Waals surface area contributed by atoms with E-state index in [0.29, 0.717) is 11.1 Å². The quantitative estimate of drug-likeness (QED) is 0.0898. The highest BCUT2D eigenvalue weighted by atomic mass is 16.2. The number of ketones is 2. The van der Waals surface area contributed by atoms with Crippen LogP contribution in [-0.4, -0.2) is 60.0 Å². The predicted octanol–water partition coefficient (Wildman–Crippen LogP) is 4.61. The van der Waals surface area contributed by atoms with Crippen molar-refractivity contribution in [1.29, 1.82) is 0 Å². The second-order valence-electron chi connectivity index (χ2n) is 9.34. The fourth-order valence-electron chi connectivity index (χ4n) is 4.33. The van der Waals surface area contributed by atoms with Gasteiger partial charge in [0.1, 0.15) is 6.29 Å². The van der Waals surface area contributed by atoms with Gasteiger partial charge in [0.25, 0.3) is 11.6 Å². The van der Waals surface area contributed by atoms with Crippen LogP contribution in [0.2, 0.25) is 0 Å². The van der Waals surface area contributed by atoms with Crippen LogP contribution in [0.15, 0.2) is 29.4 Å². The standard InChI is InChI=1S/C16H22N2O2.C14H20N2O2.C2H4O/c1-6-12-9-11(4)10-13(7-2)14(12)15(19)16(20)18(5)17-8-3;1-5-10-7-9(3)8-11(6-2)12(10)13(17)14(18)16(4)15;1-2-3/h8-10H,6-7H2,1-5H3;7-8H,5-6,15H2,1-4H3;2H,1H3. The number of nitrogens with two attached hydrogens (primary N) is 1. The fraction of sp³-hybridized carbons (Fsp3) is 0.438. The zero-order valence-corrected chi connectivity index (χ0v) is 26.3. The summed E-state index contributed by atoms with van der Waals surface area (Å²) in [5.74, 6) is 3.07. The third kappa shape index (κ3) is 10.5. The number of nitrogens with zero attached hydrogens (tertiary/aromatic N) is 3. The van der Waals surface area contributed by atoms with E-state index in [2.05, 4.69) is 5.10 Å². The molecule has 0 spiro atoms. The van der Waals surface area contributed by atoms with Crippen molar-refractivity contribution >= 4 is 35.9 Å². The molecule has 2 aromatic carbocycles. The Labute approximate surface area is 244 Å². The first-order valence-electron chi connectivity index (χ1n) is 13.8. The van der Waals surface area contributed by atoms with Gasteiger partial charge in [0, 0.05) is 31.4 Å². The summed E-state index contributed by atoms with van der Waals surface area (Å²) in [4.78, 5) is 57.3. The van der Waals surface area contributed by atoms with Crippen LogP contribution in [0, 0.1) is 13.8 Å². The molecule has 0 aliphatic heterocycles. The first-order chi connectivity index (χ1) is 19.3. The molecule has 0 atom stereocenters. The lowest BCUT2D eigenvalue weighted by Gasteiger charge is -2.15. The van der Waals surface area contributed by atoms with Crippen molar-refractivity contribution in [2.75, 3.05) is 14.1 Å². The van der Waals surface area contributed by atoms with Crippen molar-refractivity contribution in [3.05, 3.63) is 68.8 Å². The first kappa shape index (κ1) is 37.0. The van der Waals surface area contributed by atoms with Crippen molar-refractivity contribution in [3.63, 3.8) is 0 Å². The Bertz CT molecular complexity index is 1210. The number of Topliss-reactive ketones (excluding diaryl/α,β-unsaturated/α-hetero) is 2. The van der Waals surface area contributed by atoms with Gasteiger partial charge in [-0.05, 0) is 75.6 Å². The van der Waals surface area contributed by atoms with E-state index in [1.165, 1.54) is 27.2 Å². The summed E-state index contributed by atoms with van der Waals surface area (Å²) >= 11 is 0. The van der Waals surface area contributed by atoms with Crippen molar-refractivity contribution in [3.8, 4) is 0 Å². The number of rotatable bonds is 9. The minimum Gasteiger partial charge on any atom is -0.304 e. The smallest absolute Gasteiger partial charge is 0.304 e. The minimum absolute atomic E-state index is 0.480. The predicted molar refractivity (Wildman–Crippen MR) is 164 cm³/mol. The van der Waals surface area contributed by atoms with E-state index in [0.717, 1.165) is 75.4 Å². The van der Waals surface area contributed by atoms with E-state index in [1.54, 1.807) is 6.92 Å². The highest BCUT2D eigenvalue weighted by Crippen LogP contribution is 2.22. The van der Waals surface area contributed by atoms with Crippen molar-refractivity contribution < 1.29 is 24.0 Å². The molecule has 2 rings (SSSR count). The summed E-state index contributed by atoms with van der Waals surface area (Å²) in [6.45, 7) is 15.1. The number of carbonyl (C=O) groups excluding carboxylic acids is 5. The number of carbonyl (C=O) groups is 5. The van der Waals surface area contributed by atoms with Crippen LogP contribution in [-0.2, 0) is 40.1 Å². The van der Waals surface area contributed by atoms with E-state index < -0.39 is 23.4 Å². The molecule has 0 aliphatic rings. The van der Waals surface area contributed by atoms with Gasteiger partial charge in [-0.25, -0.2) is 10.9 Å². The summed E-state index contributed by atoms with van der Waals surface area (Å²) in [5, 5.41) is 5.76. The number of aryl methyl sites for hydroxylation is 6. The number of hydrazone groups is 1. The molecule has 2 aromatic rings. The molecular formula is C32H46N4O5. The van der Waals surface area contributed by atoms with Crippen LogP contribution < -0.4 is 5.84 Å². The number of benzene rings is 2. The number of hydrazine groups is 1. The van der Waals surface area contributed by atoms with Gasteiger partial charge in [-0.3, -0.25) is 24.2 Å². The van der Waals surface area contributed by atoms with Gasteiger partial charge in [-0.15, -0.1) is 0 Å². The fourth-order valence-corrected chi connectivity index (χ4v) is 4.33. The monoisotopic (exact) mass is 566 g/mol. The molecule has 0 fully saturated rings. The summed E-state index contributed by atoms with van der Waals surface area (Å²) in [6, 6.07) is 7.86. The third-order valence-electron chi connectivity index (χ3n) is 6.16. The maximum Gasteiger partial charge on any atom is 0.314 e. The number of likely N-dealkylation sites (N-methyl/N-ethyl adjacent to an activating group) is 2. The summed E-state index contributed by atoms with van der Waals surface area (Å²) < 4.78 is 0. The Morgan fingerprint density at radius 3 is 1.24 bits per heavy atom. The SMILES string of the molecule is CC=NN(C)C(=O)C(=O)c1c(CC)cc(C)cc1CC.CC=O.CCc1cc(C)cc(CC)c1C(=O)C(=O)N(C)N. The molecule has 0 aliphatic carbocycles. The summed E-state index contributed by atoms with van der Waals surface area (Å²) in [5.41, 5.74) is 6.95. The first-order valence-corrected chi connectivity index (χ1v) is 13.8. The molecule has 0 saturated carbocycles. The third-order valence-corrected chi connectivity index (χ3v) is 6.16. The zero-order chi connectivity index (χ0) is 31.9. The van der Waals surface area contributed by atoms with Gasteiger partial charge in [-0.2, -0.15) is 5.10 Å². The number of hydrogen-bond donors (Lipinski definition) is 1. The van der Waals surface area contributed by atoms with Crippen molar-refractivity contribution in [2.24, 2.45) is 10.9 Å². The molecule has 0 aromatic heterocycles. The highest BCUT2D eigenvalue weighted by molar-refractivity contribution is 6.43. The second-order valence-corrected chi connectivity index (χ2v) is 9.34. The largest absolute Gasteiger partial charge is 0.314 e. The van der Waals surface area contributed by atoms with Crippen LogP contribution in [0.5, 0.6) is 0 Å². The number of aldehydes is 1. The molecule has 9 nitrogen and oxygen atoms in total. The molecule has 0 radical (unpaired) electrons. The molecule has 41 heavy (non-hydrogen) atoms. The molecule has 224 valence electrons. The average molecular weight is 567 g/mol. The zero-order valence-electron chi connectivity index (χ0n) is 26.3. The molecular weight excluding hydrogens is 520 g/mol. The topological polar surface area (TPSA) is 130 Å². The molecule has 0 bridgehead atoms. The Hall–Kier alpha value is -3.98. The Kier molecular flexibility index (Phi) is 16.6. The summed E-state index contributed by atoms with van der Waals surface area (Å²) in [6.07, 6.45) is 5.13. The Balaban J connectivity index is 0.000000715. The van der Waals surface area contributed by atoms with Gasteiger partial charge >= 0.3 is 11.8 Å². The van der Waals surface area contributed by atoms with Crippen LogP contribution in [0.1, 0.15) is 95.6 Å². The summed E-state index contributed by atoms with van der Waals surface area (Å²) in [7, 11) is 2.87. The number of amides is 2. The van der Waals surface area contributed by atoms with Gasteiger partial charge in [-0.1, -0.05) is 63.1 Å². The van der Waals surface area contributed by atoms with Crippen molar-refractivity contribution in [2.45, 2.75) is 81.1 Å². The number of hydrogen-bond acceptors (Lipinski definition) is 7. The van der Waals surface area contributed by atoms with Crippen LogP contribution >= 0.6 is 0 Å². The van der Waals surface area contributed by atoms with Crippen LogP contribution in [0.3, 0.4) is 0 Å². The molecule has 2 amide bonds. The molecule has 0 unspecified atom stereocenters. The average Bonchev–Trinajstić information content (AvgIpc) is 2.95. The molecule has 2 N–H and O–H groups in total. The van der Waals surface area contributed by atoms with E-state index in [1.807, 2.05) is 65.8 Å². The van der Waals surface area contributed by atoms with Gasteiger partial charge < -0.3 is 4.79 Å². The second kappa shape index (κ2) is 18.4. The van der Waals surface area contributed by atoms with Gasteiger partial charge in [0.05, 0.1) is 0 Å². The minimum atomic E-state index is -0.678. The maximum atomic E-state index is 12.5. The maximum absolute atomic E-state index is 12.5. The normalized spacial score (nSPS) is 10.1. The van der Waals surface area contributed by atoms with Gasteiger partial charge in [0.2, 0.25) is 0 Å². The van der Waals surface area contributed by atoms with Crippen molar-refractivity contribution in [1.82, 2.24) is 10.0 Å².